The molecular formula is C14H18O2. The second kappa shape index (κ2) is 6.83. The van der Waals surface area contributed by atoms with E-state index in [0.29, 0.717) is 6.61 Å². The van der Waals surface area contributed by atoms with Gasteiger partial charge in [0.15, 0.2) is 0 Å². The van der Waals surface area contributed by atoms with Crippen LogP contribution in [0, 0.1) is 0 Å². The summed E-state index contributed by atoms with van der Waals surface area (Å²) in [4.78, 5) is 11.3. The molecule has 0 bridgehead atoms. The van der Waals surface area contributed by atoms with E-state index in [1.807, 2.05) is 32.0 Å². The number of ether oxygens (including phenoxy) is 1. The molecule has 0 aliphatic carbocycles. The van der Waals surface area contributed by atoms with Crippen molar-refractivity contribution in [2.24, 2.45) is 0 Å². The monoisotopic (exact) mass is 218 g/mol. The van der Waals surface area contributed by atoms with Crippen LogP contribution in [-0.4, -0.2) is 12.6 Å². The van der Waals surface area contributed by atoms with Gasteiger partial charge in [-0.1, -0.05) is 42.8 Å². The van der Waals surface area contributed by atoms with E-state index in [9.17, 15) is 4.79 Å². The van der Waals surface area contributed by atoms with Crippen molar-refractivity contribution >= 4 is 5.97 Å². The minimum atomic E-state index is -0.240. The summed E-state index contributed by atoms with van der Waals surface area (Å²) in [6, 6.07) is 10.1. The number of esters is 1. The van der Waals surface area contributed by atoms with Crippen LogP contribution >= 0.6 is 0 Å². The molecule has 2 heteroatoms. The molecule has 0 heterocycles. The van der Waals surface area contributed by atoms with E-state index in [0.717, 1.165) is 18.4 Å². The van der Waals surface area contributed by atoms with Gasteiger partial charge in [0.25, 0.3) is 0 Å². The van der Waals surface area contributed by atoms with Gasteiger partial charge in [0.05, 0.1) is 6.61 Å². The molecule has 0 N–H and O–H groups in total. The largest absolute Gasteiger partial charge is 0.463 e. The van der Waals surface area contributed by atoms with Crippen LogP contribution in [0.3, 0.4) is 0 Å². The summed E-state index contributed by atoms with van der Waals surface area (Å²) in [5, 5.41) is 0. The number of hydrogen-bond acceptors (Lipinski definition) is 2. The highest BCUT2D eigenvalue weighted by molar-refractivity contribution is 5.82. The lowest BCUT2D eigenvalue weighted by Crippen LogP contribution is -2.02. The molecule has 0 radical (unpaired) electrons. The molecule has 0 aliphatic heterocycles. The summed E-state index contributed by atoms with van der Waals surface area (Å²) in [5.41, 5.74) is 2.32. The topological polar surface area (TPSA) is 26.3 Å². The zero-order valence-corrected chi connectivity index (χ0v) is 9.90. The van der Waals surface area contributed by atoms with E-state index < -0.39 is 0 Å². The van der Waals surface area contributed by atoms with Gasteiger partial charge in [0.1, 0.15) is 0 Å². The number of benzene rings is 1. The lowest BCUT2D eigenvalue weighted by atomic mass is 10.0. The molecule has 16 heavy (non-hydrogen) atoms. The summed E-state index contributed by atoms with van der Waals surface area (Å²) in [6.45, 7) is 4.29. The fourth-order valence-corrected chi connectivity index (χ4v) is 1.49. The third-order valence-electron chi connectivity index (χ3n) is 2.34. The molecule has 1 aromatic rings. The Morgan fingerprint density at radius 1 is 1.25 bits per heavy atom. The highest BCUT2D eigenvalue weighted by atomic mass is 16.5. The summed E-state index contributed by atoms with van der Waals surface area (Å²) in [5.74, 6) is -0.240. The first-order valence-electron chi connectivity index (χ1n) is 5.66. The Hall–Kier alpha value is -1.57. The van der Waals surface area contributed by atoms with E-state index in [4.69, 9.17) is 4.74 Å². The molecular weight excluding hydrogens is 200 g/mol. The van der Waals surface area contributed by atoms with Crippen LogP contribution in [0.2, 0.25) is 0 Å². The number of rotatable bonds is 5. The average molecular weight is 218 g/mol. The normalized spacial score (nSPS) is 11.2. The molecule has 1 aromatic carbocycles. The number of carbonyl (C=O) groups excluding carboxylic acids is 1. The van der Waals surface area contributed by atoms with Crippen molar-refractivity contribution in [3.63, 3.8) is 0 Å². The van der Waals surface area contributed by atoms with Gasteiger partial charge in [0.2, 0.25) is 0 Å². The van der Waals surface area contributed by atoms with Gasteiger partial charge in [-0.25, -0.2) is 4.79 Å². The Morgan fingerprint density at radius 2 is 1.94 bits per heavy atom. The lowest BCUT2D eigenvalue weighted by Gasteiger charge is -2.04. The second-order valence-corrected chi connectivity index (χ2v) is 3.57. The Kier molecular flexibility index (Phi) is 5.34. The van der Waals surface area contributed by atoms with Gasteiger partial charge in [0, 0.05) is 6.08 Å². The van der Waals surface area contributed by atoms with Gasteiger partial charge >= 0.3 is 5.97 Å². The lowest BCUT2D eigenvalue weighted by molar-refractivity contribution is -0.137. The third-order valence-corrected chi connectivity index (χ3v) is 2.34. The molecule has 0 atom stereocenters. The van der Waals surface area contributed by atoms with Gasteiger partial charge < -0.3 is 4.74 Å². The van der Waals surface area contributed by atoms with Crippen LogP contribution in [0.5, 0.6) is 0 Å². The van der Waals surface area contributed by atoms with Gasteiger partial charge in [-0.2, -0.15) is 0 Å². The molecule has 0 amide bonds. The Morgan fingerprint density at radius 3 is 2.50 bits per heavy atom. The minimum absolute atomic E-state index is 0.240. The summed E-state index contributed by atoms with van der Waals surface area (Å²) < 4.78 is 4.90. The number of carbonyl (C=O) groups is 1. The first kappa shape index (κ1) is 12.5. The van der Waals surface area contributed by atoms with E-state index in [-0.39, 0.29) is 5.97 Å². The van der Waals surface area contributed by atoms with Crippen molar-refractivity contribution in [2.45, 2.75) is 26.7 Å². The van der Waals surface area contributed by atoms with Crippen LogP contribution in [0.15, 0.2) is 42.0 Å². The second-order valence-electron chi connectivity index (χ2n) is 3.57. The van der Waals surface area contributed by atoms with Gasteiger partial charge in [-0.3, -0.25) is 0 Å². The SMILES string of the molecule is CCOC(=O)/C=C(\CC)Cc1ccccc1. The molecule has 0 saturated heterocycles. The first-order valence-corrected chi connectivity index (χ1v) is 5.66. The van der Waals surface area contributed by atoms with Crippen molar-refractivity contribution in [2.75, 3.05) is 6.61 Å². The van der Waals surface area contributed by atoms with Gasteiger partial charge in [-0.15, -0.1) is 0 Å². The van der Waals surface area contributed by atoms with Crippen LogP contribution in [0.25, 0.3) is 0 Å². The molecule has 0 saturated carbocycles. The molecule has 1 rings (SSSR count). The maximum atomic E-state index is 11.3. The Labute approximate surface area is 96.9 Å². The Balaban J connectivity index is 2.65. The van der Waals surface area contributed by atoms with Crippen molar-refractivity contribution in [3.8, 4) is 0 Å². The van der Waals surface area contributed by atoms with Crippen molar-refractivity contribution < 1.29 is 9.53 Å². The van der Waals surface area contributed by atoms with Crippen LogP contribution in [0.4, 0.5) is 0 Å². The van der Waals surface area contributed by atoms with Crippen molar-refractivity contribution in [1.29, 1.82) is 0 Å². The highest BCUT2D eigenvalue weighted by Gasteiger charge is 2.02. The number of hydrogen-bond donors (Lipinski definition) is 0. The molecule has 0 spiro atoms. The quantitative estimate of drug-likeness (QED) is 0.560. The molecule has 0 unspecified atom stereocenters. The molecule has 0 aromatic heterocycles. The first-order chi connectivity index (χ1) is 7.76. The fourth-order valence-electron chi connectivity index (χ4n) is 1.49. The zero-order valence-electron chi connectivity index (χ0n) is 9.90. The predicted octanol–water partition coefficient (Wildman–Crippen LogP) is 3.13. The molecule has 0 fully saturated rings. The van der Waals surface area contributed by atoms with Crippen molar-refractivity contribution in [3.05, 3.63) is 47.5 Å². The fraction of sp³-hybridized carbons (Fsp3) is 0.357. The van der Waals surface area contributed by atoms with Crippen molar-refractivity contribution in [1.82, 2.24) is 0 Å². The smallest absolute Gasteiger partial charge is 0.330 e. The summed E-state index contributed by atoms with van der Waals surface area (Å²) in [7, 11) is 0. The average Bonchev–Trinajstić information content (AvgIpc) is 2.30. The van der Waals surface area contributed by atoms with Crippen LogP contribution in [-0.2, 0) is 16.0 Å². The molecule has 0 aliphatic rings. The maximum absolute atomic E-state index is 11.3. The Bertz CT molecular complexity index is 352. The van der Waals surface area contributed by atoms with E-state index >= 15 is 0 Å². The molecule has 2 nitrogen and oxygen atoms in total. The van der Waals surface area contributed by atoms with Crippen LogP contribution < -0.4 is 0 Å². The standard InChI is InChI=1S/C14H18O2/c1-3-12(11-14(15)16-4-2)10-13-8-6-5-7-9-13/h5-9,11H,3-4,10H2,1-2H3/b12-11+. The maximum Gasteiger partial charge on any atom is 0.330 e. The summed E-state index contributed by atoms with van der Waals surface area (Å²) >= 11 is 0. The molecule has 86 valence electrons. The zero-order chi connectivity index (χ0) is 11.8. The van der Waals surface area contributed by atoms with Gasteiger partial charge in [-0.05, 0) is 25.3 Å². The van der Waals surface area contributed by atoms with E-state index in [1.165, 1.54) is 5.56 Å². The third kappa shape index (κ3) is 4.30. The highest BCUT2D eigenvalue weighted by Crippen LogP contribution is 2.11. The summed E-state index contributed by atoms with van der Waals surface area (Å²) in [6.07, 6.45) is 3.29. The van der Waals surface area contributed by atoms with E-state index in [1.54, 1.807) is 6.08 Å². The predicted molar refractivity (Wildman–Crippen MR) is 65.2 cm³/mol. The van der Waals surface area contributed by atoms with Crippen LogP contribution in [0.1, 0.15) is 25.8 Å². The minimum Gasteiger partial charge on any atom is -0.463 e. The van der Waals surface area contributed by atoms with E-state index in [2.05, 4.69) is 12.1 Å². The number of allylic oxidation sites excluding steroid dienone is 1.